The largest absolute Gasteiger partial charge is 0.481 e. The Morgan fingerprint density at radius 2 is 1.02 bits per heavy atom. The number of aliphatic hydroxyl groups is 1. The molecule has 0 bridgehead atoms. The number of rotatable bonds is 39. The van der Waals surface area contributed by atoms with Crippen LogP contribution >= 0.6 is 0 Å². The summed E-state index contributed by atoms with van der Waals surface area (Å²) >= 11 is 0. The highest BCUT2D eigenvalue weighted by Crippen LogP contribution is 2.19. The molecule has 1 aliphatic heterocycles. The van der Waals surface area contributed by atoms with Crippen LogP contribution in [-0.4, -0.2) is 179 Å². The molecule has 31 heteroatoms. The first-order chi connectivity index (χ1) is 44.9. The number of carbonyl (C=O) groups excluding carboxylic acids is 11. The number of cyclic esters (lactones) is 1. The molecule has 95 heavy (non-hydrogen) atoms. The van der Waals surface area contributed by atoms with Crippen LogP contribution in [0.2, 0.25) is 0 Å². The van der Waals surface area contributed by atoms with Gasteiger partial charge in [-0.1, -0.05) is 132 Å². The van der Waals surface area contributed by atoms with Crippen LogP contribution in [0, 0.1) is 29.6 Å². The SMILES string of the molecule is CCC[C@@H]1NC(=O)[C@H](CCCN=C(N)N)NC(=O)[C@H](NC(=O)[C@H](CO)NC(=O)[C@@H](NC(=O)[C@H](NC(=O)[C@@H](CCC(=O)O)NC(=O)[C@H](CCCN=C(N)N)NC(=O)[C@@H](NC(=O)[C@H](CC)Cc2ccccc2)[C@@H](C)CC)[C@H](C)CC)[C@@H](C)CC)[C@H](C)OC(=O)[C@H]([C@@H](C)CC)NC1=O. The molecule has 1 aromatic rings. The minimum atomic E-state index is -1.85. The van der Waals surface area contributed by atoms with Gasteiger partial charge >= 0.3 is 11.9 Å². The first-order valence-corrected chi connectivity index (χ1v) is 33.1. The molecule has 20 N–H and O–H groups in total. The summed E-state index contributed by atoms with van der Waals surface area (Å²) in [5.41, 5.74) is 23.0. The van der Waals surface area contributed by atoms with Crippen LogP contribution in [0.25, 0.3) is 0 Å². The quantitative estimate of drug-likeness (QED) is 0.0163. The van der Waals surface area contributed by atoms with Crippen molar-refractivity contribution < 1.29 is 72.5 Å². The molecule has 0 aromatic heterocycles. The number of aliphatic carboxylic acids is 1. The van der Waals surface area contributed by atoms with Gasteiger partial charge in [-0.15, -0.1) is 0 Å². The van der Waals surface area contributed by atoms with E-state index in [0.717, 1.165) is 5.56 Å². The molecule has 16 atom stereocenters. The lowest BCUT2D eigenvalue weighted by Crippen LogP contribution is -2.63. The molecule has 2 rings (SSSR count). The second kappa shape index (κ2) is 42.6. The third-order valence-corrected chi connectivity index (χ3v) is 17.1. The van der Waals surface area contributed by atoms with Gasteiger partial charge in [0.05, 0.1) is 6.61 Å². The summed E-state index contributed by atoms with van der Waals surface area (Å²) in [5, 5.41) is 46.8. The zero-order chi connectivity index (χ0) is 71.6. The van der Waals surface area contributed by atoms with Crippen molar-refractivity contribution >= 4 is 82.9 Å². The van der Waals surface area contributed by atoms with Crippen LogP contribution in [0.1, 0.15) is 165 Å². The maximum absolute atomic E-state index is 14.6. The van der Waals surface area contributed by atoms with Gasteiger partial charge in [-0.05, 0) is 87.5 Å². The number of carbonyl (C=O) groups is 12. The predicted octanol–water partition coefficient (Wildman–Crippen LogP) is -1.00. The van der Waals surface area contributed by atoms with Crippen molar-refractivity contribution in [2.24, 2.45) is 62.5 Å². The lowest BCUT2D eigenvalue weighted by atomic mass is 9.93. The van der Waals surface area contributed by atoms with E-state index in [4.69, 9.17) is 27.7 Å². The third-order valence-electron chi connectivity index (χ3n) is 17.1. The number of carboxylic acid groups (broad SMARTS) is 1. The van der Waals surface area contributed by atoms with Crippen LogP contribution in [0.3, 0.4) is 0 Å². The Balaban J connectivity index is 2.55. The van der Waals surface area contributed by atoms with Crippen LogP contribution < -0.4 is 76.1 Å². The summed E-state index contributed by atoms with van der Waals surface area (Å²) in [6.45, 7) is 17.6. The van der Waals surface area contributed by atoms with Gasteiger partial charge in [0.1, 0.15) is 66.5 Å². The highest BCUT2D eigenvalue weighted by Gasteiger charge is 2.41. The van der Waals surface area contributed by atoms with Crippen molar-refractivity contribution in [1.29, 1.82) is 0 Å². The molecule has 1 aromatic carbocycles. The summed E-state index contributed by atoms with van der Waals surface area (Å²) in [4.78, 5) is 176. The Morgan fingerprint density at radius 3 is 1.53 bits per heavy atom. The maximum Gasteiger partial charge on any atom is 0.329 e. The first-order valence-electron chi connectivity index (χ1n) is 33.1. The summed E-state index contributed by atoms with van der Waals surface area (Å²) in [5.74, 6) is -14.2. The molecule has 1 saturated heterocycles. The predicted molar refractivity (Wildman–Crippen MR) is 355 cm³/mol. The lowest BCUT2D eigenvalue weighted by Gasteiger charge is -2.31. The minimum Gasteiger partial charge on any atom is -0.481 e. The highest BCUT2D eigenvalue weighted by atomic mass is 16.5. The Morgan fingerprint density at radius 1 is 0.558 bits per heavy atom. The fraction of sp³-hybridized carbons (Fsp3) is 0.688. The number of benzene rings is 1. The second-order valence-electron chi connectivity index (χ2n) is 24.5. The summed E-state index contributed by atoms with van der Waals surface area (Å²) in [7, 11) is 0. The number of guanidine groups is 2. The molecule has 1 aliphatic rings. The van der Waals surface area contributed by atoms with Crippen molar-refractivity contribution in [3.8, 4) is 0 Å². The number of carboxylic acids is 1. The van der Waals surface area contributed by atoms with E-state index in [9.17, 15) is 67.7 Å². The van der Waals surface area contributed by atoms with E-state index in [0.29, 0.717) is 32.1 Å². The average molecular weight is 1340 g/mol. The van der Waals surface area contributed by atoms with E-state index in [1.165, 1.54) is 6.92 Å². The fourth-order valence-corrected chi connectivity index (χ4v) is 10.3. The number of esters is 1. The molecule has 1 fully saturated rings. The zero-order valence-electron chi connectivity index (χ0n) is 57.1. The third kappa shape index (κ3) is 28.1. The smallest absolute Gasteiger partial charge is 0.329 e. The molecule has 0 unspecified atom stereocenters. The van der Waals surface area contributed by atoms with Gasteiger partial charge in [0, 0.05) is 25.4 Å². The molecule has 10 amide bonds. The number of hydrogen-bond acceptors (Lipinski definition) is 16. The number of aliphatic imine (C=N–C) groups is 2. The normalized spacial score (nSPS) is 20.3. The second-order valence-corrected chi connectivity index (χ2v) is 24.5. The number of nitrogens with zero attached hydrogens (tertiary/aromatic N) is 2. The summed E-state index contributed by atoms with van der Waals surface area (Å²) < 4.78 is 5.78. The van der Waals surface area contributed by atoms with E-state index in [2.05, 4.69) is 63.2 Å². The van der Waals surface area contributed by atoms with E-state index in [1.807, 2.05) is 44.2 Å². The van der Waals surface area contributed by atoms with Crippen molar-refractivity contribution in [3.63, 3.8) is 0 Å². The molecule has 1 heterocycles. The van der Waals surface area contributed by atoms with Gasteiger partial charge in [-0.25, -0.2) is 4.79 Å². The van der Waals surface area contributed by atoms with Gasteiger partial charge in [0.15, 0.2) is 11.9 Å². The number of nitrogens with one attached hydrogen (secondary N) is 10. The Labute approximate surface area is 557 Å². The monoisotopic (exact) mass is 1340 g/mol. The van der Waals surface area contributed by atoms with E-state index >= 15 is 0 Å². The molecule has 534 valence electrons. The van der Waals surface area contributed by atoms with E-state index in [1.54, 1.807) is 55.4 Å². The van der Waals surface area contributed by atoms with Crippen molar-refractivity contribution in [1.82, 2.24) is 53.2 Å². The molecule has 0 spiro atoms. The Hall–Kier alpha value is -8.64. The topological polar surface area (TPSA) is 504 Å². The summed E-state index contributed by atoms with van der Waals surface area (Å²) in [6.07, 6.45) is 0.201. The number of nitrogens with two attached hydrogens (primary N) is 4. The number of aliphatic hydroxyl groups excluding tert-OH is 1. The van der Waals surface area contributed by atoms with E-state index in [-0.39, 0.29) is 75.9 Å². The number of amides is 10. The zero-order valence-corrected chi connectivity index (χ0v) is 57.1. The number of hydrogen-bond donors (Lipinski definition) is 16. The fourth-order valence-electron chi connectivity index (χ4n) is 10.3. The van der Waals surface area contributed by atoms with Gasteiger partial charge in [0.2, 0.25) is 59.1 Å². The van der Waals surface area contributed by atoms with Gasteiger partial charge in [0.25, 0.3) is 0 Å². The van der Waals surface area contributed by atoms with Crippen molar-refractivity contribution in [3.05, 3.63) is 35.9 Å². The maximum atomic E-state index is 14.6. The molecule has 31 nitrogen and oxygen atoms in total. The first kappa shape index (κ1) is 82.5. The molecular formula is C64H108N16O15. The standard InChI is InChI=1S/C64H108N16O15/c1-12-23-41-55(87)79-50(37(10)16-5)62(94)95-38(11)51(61(93)74-43(53(85)71-41)27-22-31-70-64(67)68)80-57(89)45(33-81)75-59(91)48(35(8)14-3)78-60(92)49(36(9)15-4)77-56(88)44(28-29-46(82)83)72-54(86)42(26-21-30-69-63(65)66)73-58(90)47(34(7)13-2)76-52(84)40(17-6)32-39-24-19-18-20-25-39/h18-20,24-25,34-38,40-45,47-51,81H,12-17,21-23,26-33H2,1-11H3,(H,71,85)(H,72,86)(H,73,90)(H,74,93)(H,75,91)(H,76,84)(H,77,88)(H,78,92)(H,79,87)(H,80,89)(H,82,83)(H4,65,66,69)(H4,67,68,70)/t34-,35-,36+,37-,38-,40+,41-,42-,43-,44+,45-,47-,48-,49+,50-,51+/m0/s1. The van der Waals surface area contributed by atoms with Gasteiger partial charge in [-0.2, -0.15) is 0 Å². The van der Waals surface area contributed by atoms with Crippen LogP contribution in [0.5, 0.6) is 0 Å². The average Bonchev–Trinajstić information content (AvgIpc) is 1.80. The van der Waals surface area contributed by atoms with Crippen molar-refractivity contribution in [2.75, 3.05) is 19.7 Å². The minimum absolute atomic E-state index is 0.0244. The highest BCUT2D eigenvalue weighted by molar-refractivity contribution is 5.99. The van der Waals surface area contributed by atoms with E-state index < -0.39 is 181 Å². The Kier molecular flexibility index (Phi) is 37.0. The molecule has 0 aliphatic carbocycles. The summed E-state index contributed by atoms with van der Waals surface area (Å²) in [6, 6.07) is -5.18. The molecule has 0 radical (unpaired) electrons. The Bertz CT molecular complexity index is 2770. The van der Waals surface area contributed by atoms with Crippen molar-refractivity contribution in [2.45, 2.75) is 233 Å². The van der Waals surface area contributed by atoms with Crippen LogP contribution in [0.15, 0.2) is 40.3 Å². The van der Waals surface area contributed by atoms with Crippen LogP contribution in [0.4, 0.5) is 0 Å². The lowest BCUT2D eigenvalue weighted by molar-refractivity contribution is -0.157. The number of ether oxygens (including phenoxy) is 1. The van der Waals surface area contributed by atoms with Gasteiger partial charge in [-0.3, -0.25) is 62.7 Å². The molecular weight excluding hydrogens is 1230 g/mol. The molecule has 0 saturated carbocycles. The van der Waals surface area contributed by atoms with Crippen LogP contribution in [-0.2, 0) is 68.7 Å². The van der Waals surface area contributed by atoms with Gasteiger partial charge < -0.3 is 91.1 Å².